The first kappa shape index (κ1) is 12.6. The van der Waals surface area contributed by atoms with Gasteiger partial charge in [-0.15, -0.1) is 0 Å². The van der Waals surface area contributed by atoms with Gasteiger partial charge in [-0.25, -0.2) is 0 Å². The first-order valence-electron chi connectivity index (χ1n) is 6.40. The third-order valence-electron chi connectivity index (χ3n) is 3.18. The van der Waals surface area contributed by atoms with E-state index in [0.29, 0.717) is 12.6 Å². The average Bonchev–Trinajstić information content (AvgIpc) is 3.14. The zero-order valence-electron chi connectivity index (χ0n) is 10.5. The van der Waals surface area contributed by atoms with Crippen LogP contribution >= 0.6 is 0 Å². The van der Waals surface area contributed by atoms with Crippen molar-refractivity contribution in [3.05, 3.63) is 35.9 Å². The van der Waals surface area contributed by atoms with Gasteiger partial charge in [0.15, 0.2) is 0 Å². The standard InChI is InChI=1S/C14H22N2O/c1-15-9-14(17)11-16(13-7-8-13)10-12-5-3-2-4-6-12/h2-6,13-15,17H,7-11H2,1H3. The summed E-state index contributed by atoms with van der Waals surface area (Å²) in [6, 6.07) is 11.2. The zero-order chi connectivity index (χ0) is 12.1. The number of aliphatic hydroxyl groups excluding tert-OH is 1. The summed E-state index contributed by atoms with van der Waals surface area (Å²) in [6.45, 7) is 2.38. The van der Waals surface area contributed by atoms with Crippen molar-refractivity contribution < 1.29 is 5.11 Å². The summed E-state index contributed by atoms with van der Waals surface area (Å²) in [4.78, 5) is 2.40. The second-order valence-corrected chi connectivity index (χ2v) is 4.86. The van der Waals surface area contributed by atoms with Crippen molar-refractivity contribution in [2.45, 2.75) is 31.5 Å². The van der Waals surface area contributed by atoms with Crippen LogP contribution in [0.1, 0.15) is 18.4 Å². The number of nitrogens with zero attached hydrogens (tertiary/aromatic N) is 1. The Bertz CT molecular complexity index is 324. The molecule has 0 spiro atoms. The van der Waals surface area contributed by atoms with E-state index in [9.17, 15) is 5.11 Å². The summed E-state index contributed by atoms with van der Waals surface area (Å²) in [5, 5.41) is 12.9. The molecule has 1 aromatic rings. The van der Waals surface area contributed by atoms with Gasteiger partial charge in [0.25, 0.3) is 0 Å². The second kappa shape index (κ2) is 6.15. The molecule has 1 unspecified atom stereocenters. The Morgan fingerprint density at radius 1 is 1.35 bits per heavy atom. The molecule has 1 aliphatic rings. The van der Waals surface area contributed by atoms with Crippen LogP contribution in [-0.2, 0) is 6.54 Å². The molecule has 1 fully saturated rings. The summed E-state index contributed by atoms with van der Waals surface area (Å²) >= 11 is 0. The minimum atomic E-state index is -0.274. The molecular weight excluding hydrogens is 212 g/mol. The third kappa shape index (κ3) is 4.11. The van der Waals surface area contributed by atoms with E-state index in [0.717, 1.165) is 13.1 Å². The lowest BCUT2D eigenvalue weighted by molar-refractivity contribution is 0.105. The van der Waals surface area contributed by atoms with Gasteiger partial charge in [0, 0.05) is 25.7 Å². The average molecular weight is 234 g/mol. The number of rotatable bonds is 7. The highest BCUT2D eigenvalue weighted by atomic mass is 16.3. The third-order valence-corrected chi connectivity index (χ3v) is 3.18. The molecule has 2 rings (SSSR count). The number of likely N-dealkylation sites (N-methyl/N-ethyl adjacent to an activating group) is 1. The molecule has 0 heterocycles. The van der Waals surface area contributed by atoms with E-state index < -0.39 is 0 Å². The Kier molecular flexibility index (Phi) is 4.54. The quantitative estimate of drug-likeness (QED) is 0.745. The molecule has 3 nitrogen and oxygen atoms in total. The fraction of sp³-hybridized carbons (Fsp3) is 0.571. The molecule has 0 radical (unpaired) electrons. The lowest BCUT2D eigenvalue weighted by Gasteiger charge is -2.25. The molecule has 3 heteroatoms. The van der Waals surface area contributed by atoms with Gasteiger partial charge < -0.3 is 10.4 Å². The molecule has 0 bridgehead atoms. The summed E-state index contributed by atoms with van der Waals surface area (Å²) in [5.41, 5.74) is 1.33. The number of nitrogens with one attached hydrogen (secondary N) is 1. The van der Waals surface area contributed by atoms with Gasteiger partial charge in [-0.05, 0) is 25.5 Å². The fourth-order valence-electron chi connectivity index (χ4n) is 2.17. The van der Waals surface area contributed by atoms with E-state index in [4.69, 9.17) is 0 Å². The van der Waals surface area contributed by atoms with Crippen LogP contribution < -0.4 is 5.32 Å². The van der Waals surface area contributed by atoms with E-state index in [1.165, 1.54) is 18.4 Å². The van der Waals surface area contributed by atoms with Gasteiger partial charge in [0.2, 0.25) is 0 Å². The van der Waals surface area contributed by atoms with Crippen molar-refractivity contribution in [2.75, 3.05) is 20.1 Å². The Hall–Kier alpha value is -0.900. The highest BCUT2D eigenvalue weighted by molar-refractivity contribution is 5.15. The van der Waals surface area contributed by atoms with Crippen LogP contribution in [0, 0.1) is 0 Å². The minimum Gasteiger partial charge on any atom is -0.390 e. The normalized spacial score (nSPS) is 17.4. The highest BCUT2D eigenvalue weighted by Gasteiger charge is 2.29. The second-order valence-electron chi connectivity index (χ2n) is 4.86. The summed E-state index contributed by atoms with van der Waals surface area (Å²) in [6.07, 6.45) is 2.28. The van der Waals surface area contributed by atoms with Gasteiger partial charge in [-0.2, -0.15) is 0 Å². The maximum Gasteiger partial charge on any atom is 0.0791 e. The molecule has 0 aliphatic heterocycles. The number of hydrogen-bond acceptors (Lipinski definition) is 3. The monoisotopic (exact) mass is 234 g/mol. The van der Waals surface area contributed by atoms with E-state index >= 15 is 0 Å². The summed E-state index contributed by atoms with van der Waals surface area (Å²) in [7, 11) is 1.88. The van der Waals surface area contributed by atoms with E-state index in [1.54, 1.807) is 0 Å². The smallest absolute Gasteiger partial charge is 0.0791 e. The SMILES string of the molecule is CNCC(O)CN(Cc1ccccc1)C1CC1. The molecule has 94 valence electrons. The largest absolute Gasteiger partial charge is 0.390 e. The molecule has 0 aromatic heterocycles. The predicted octanol–water partition coefficient (Wildman–Crippen LogP) is 1.23. The molecular formula is C14H22N2O. The van der Waals surface area contributed by atoms with Gasteiger partial charge >= 0.3 is 0 Å². The molecule has 2 N–H and O–H groups in total. The van der Waals surface area contributed by atoms with E-state index in [1.807, 2.05) is 13.1 Å². The first-order chi connectivity index (χ1) is 8.29. The molecule has 1 aliphatic carbocycles. The van der Waals surface area contributed by atoms with E-state index in [-0.39, 0.29) is 6.10 Å². The number of aliphatic hydroxyl groups is 1. The Morgan fingerprint density at radius 3 is 2.65 bits per heavy atom. The van der Waals surface area contributed by atoms with Crippen LogP contribution in [0.4, 0.5) is 0 Å². The maximum absolute atomic E-state index is 9.87. The number of benzene rings is 1. The lowest BCUT2D eigenvalue weighted by Crippen LogP contribution is -2.38. The molecule has 0 saturated heterocycles. The summed E-state index contributed by atoms with van der Waals surface area (Å²) < 4.78 is 0. The van der Waals surface area contributed by atoms with Gasteiger partial charge in [0.05, 0.1) is 6.10 Å². The van der Waals surface area contributed by atoms with Gasteiger partial charge in [0.1, 0.15) is 0 Å². The van der Waals surface area contributed by atoms with Crippen molar-refractivity contribution in [3.63, 3.8) is 0 Å². The van der Waals surface area contributed by atoms with E-state index in [2.05, 4.69) is 34.5 Å². The molecule has 1 saturated carbocycles. The van der Waals surface area contributed by atoms with Crippen molar-refractivity contribution in [1.29, 1.82) is 0 Å². The summed E-state index contributed by atoms with van der Waals surface area (Å²) in [5.74, 6) is 0. The van der Waals surface area contributed by atoms with Crippen LogP contribution in [-0.4, -0.2) is 42.3 Å². The Labute approximate surface area is 103 Å². The zero-order valence-corrected chi connectivity index (χ0v) is 10.5. The van der Waals surface area contributed by atoms with Crippen LogP contribution in [0.3, 0.4) is 0 Å². The fourth-order valence-corrected chi connectivity index (χ4v) is 2.17. The van der Waals surface area contributed by atoms with Crippen LogP contribution in [0.5, 0.6) is 0 Å². The van der Waals surface area contributed by atoms with Gasteiger partial charge in [-0.1, -0.05) is 30.3 Å². The first-order valence-corrected chi connectivity index (χ1v) is 6.40. The molecule has 1 atom stereocenters. The van der Waals surface area contributed by atoms with Crippen molar-refractivity contribution in [2.24, 2.45) is 0 Å². The maximum atomic E-state index is 9.87. The van der Waals surface area contributed by atoms with Crippen molar-refractivity contribution >= 4 is 0 Å². The topological polar surface area (TPSA) is 35.5 Å². The Balaban J connectivity index is 1.89. The number of hydrogen-bond donors (Lipinski definition) is 2. The molecule has 0 amide bonds. The van der Waals surface area contributed by atoms with Crippen LogP contribution in [0.2, 0.25) is 0 Å². The van der Waals surface area contributed by atoms with Crippen LogP contribution in [0.15, 0.2) is 30.3 Å². The van der Waals surface area contributed by atoms with Crippen molar-refractivity contribution in [1.82, 2.24) is 10.2 Å². The highest BCUT2D eigenvalue weighted by Crippen LogP contribution is 2.28. The molecule has 17 heavy (non-hydrogen) atoms. The Morgan fingerprint density at radius 2 is 2.06 bits per heavy atom. The lowest BCUT2D eigenvalue weighted by atomic mass is 10.2. The predicted molar refractivity (Wildman–Crippen MR) is 69.8 cm³/mol. The van der Waals surface area contributed by atoms with Gasteiger partial charge in [-0.3, -0.25) is 4.90 Å². The molecule has 1 aromatic carbocycles. The van der Waals surface area contributed by atoms with Crippen LogP contribution in [0.25, 0.3) is 0 Å². The van der Waals surface area contributed by atoms with Crippen molar-refractivity contribution in [3.8, 4) is 0 Å². The minimum absolute atomic E-state index is 0.274.